The molecule has 3 nitrogen and oxygen atoms in total. The van der Waals surface area contributed by atoms with Gasteiger partial charge in [0.2, 0.25) is 0 Å². The molecule has 1 rings (SSSR count). The first-order valence-corrected chi connectivity index (χ1v) is 6.45. The highest BCUT2D eigenvalue weighted by molar-refractivity contribution is 7.92. The van der Waals surface area contributed by atoms with Crippen LogP contribution in [-0.4, -0.2) is 25.2 Å². The zero-order chi connectivity index (χ0) is 11.5. The zero-order valence-electron chi connectivity index (χ0n) is 8.80. The summed E-state index contributed by atoms with van der Waals surface area (Å²) >= 11 is 0. The van der Waals surface area contributed by atoms with E-state index in [1.807, 2.05) is 0 Å². The third-order valence-electron chi connectivity index (χ3n) is 2.15. The maximum atomic E-state index is 11.6. The van der Waals surface area contributed by atoms with Gasteiger partial charge in [-0.3, -0.25) is 4.79 Å². The number of Topliss-reactive ketones (excluding diaryl/α,β-unsaturated/α-hetero) is 1. The van der Waals surface area contributed by atoms with Crippen molar-refractivity contribution in [3.63, 3.8) is 0 Å². The highest BCUT2D eigenvalue weighted by Gasteiger charge is 2.21. The van der Waals surface area contributed by atoms with E-state index in [1.54, 1.807) is 44.2 Å². The summed E-state index contributed by atoms with van der Waals surface area (Å²) in [5.41, 5.74) is 0.446. The number of carbonyl (C=O) groups is 1. The van der Waals surface area contributed by atoms with E-state index in [0.29, 0.717) is 5.56 Å². The van der Waals surface area contributed by atoms with E-state index in [0.717, 1.165) is 0 Å². The number of benzene rings is 1. The quantitative estimate of drug-likeness (QED) is 0.734. The maximum absolute atomic E-state index is 11.6. The standard InChI is InChI=1S/C11H14O3S/c1-9(2)15(13,14)8-11(12)10-6-4-3-5-7-10/h3-7,9H,8H2,1-2H3. The van der Waals surface area contributed by atoms with Crippen LogP contribution in [0.15, 0.2) is 30.3 Å². The van der Waals surface area contributed by atoms with Gasteiger partial charge in [-0.2, -0.15) is 0 Å². The van der Waals surface area contributed by atoms with Crippen LogP contribution in [0.1, 0.15) is 24.2 Å². The van der Waals surface area contributed by atoms with Crippen LogP contribution < -0.4 is 0 Å². The van der Waals surface area contributed by atoms with Crippen LogP contribution in [0.5, 0.6) is 0 Å². The third-order valence-corrected chi connectivity index (χ3v) is 4.25. The number of carbonyl (C=O) groups excluding carboxylic acids is 1. The first kappa shape index (κ1) is 11.9. The van der Waals surface area contributed by atoms with Gasteiger partial charge in [0.05, 0.1) is 5.25 Å². The lowest BCUT2D eigenvalue weighted by atomic mass is 10.2. The van der Waals surface area contributed by atoms with Gasteiger partial charge in [0.25, 0.3) is 0 Å². The molecule has 0 aliphatic heterocycles. The fourth-order valence-corrected chi connectivity index (χ4v) is 1.92. The van der Waals surface area contributed by atoms with Gasteiger partial charge < -0.3 is 0 Å². The Hall–Kier alpha value is -1.16. The molecule has 15 heavy (non-hydrogen) atoms. The number of sulfone groups is 1. The number of rotatable bonds is 4. The molecular weight excluding hydrogens is 212 g/mol. The van der Waals surface area contributed by atoms with Crippen molar-refractivity contribution in [1.82, 2.24) is 0 Å². The molecular formula is C11H14O3S. The average molecular weight is 226 g/mol. The summed E-state index contributed by atoms with van der Waals surface area (Å²) < 4.78 is 23.0. The smallest absolute Gasteiger partial charge is 0.177 e. The fourth-order valence-electron chi connectivity index (χ4n) is 1.06. The number of ketones is 1. The van der Waals surface area contributed by atoms with E-state index in [1.165, 1.54) is 0 Å². The van der Waals surface area contributed by atoms with Crippen molar-refractivity contribution in [2.45, 2.75) is 19.1 Å². The van der Waals surface area contributed by atoms with Gasteiger partial charge >= 0.3 is 0 Å². The Labute approximate surface area is 90.0 Å². The topological polar surface area (TPSA) is 51.2 Å². The summed E-state index contributed by atoms with van der Waals surface area (Å²) in [5.74, 6) is -0.751. The zero-order valence-corrected chi connectivity index (χ0v) is 9.62. The van der Waals surface area contributed by atoms with E-state index in [-0.39, 0.29) is 5.78 Å². The predicted octanol–water partition coefficient (Wildman–Crippen LogP) is 1.69. The molecule has 0 aliphatic rings. The molecule has 1 aromatic rings. The largest absolute Gasteiger partial charge is 0.293 e. The van der Waals surface area contributed by atoms with Gasteiger partial charge in [0.15, 0.2) is 15.6 Å². The van der Waals surface area contributed by atoms with Crippen LogP contribution in [0.3, 0.4) is 0 Å². The van der Waals surface area contributed by atoms with Crippen molar-refractivity contribution in [2.75, 3.05) is 5.75 Å². The molecule has 0 unspecified atom stereocenters. The van der Waals surface area contributed by atoms with Crippen LogP contribution in [0.25, 0.3) is 0 Å². The highest BCUT2D eigenvalue weighted by Crippen LogP contribution is 2.06. The van der Waals surface area contributed by atoms with Gasteiger partial charge in [0, 0.05) is 5.56 Å². The lowest BCUT2D eigenvalue weighted by Crippen LogP contribution is -2.23. The Morgan fingerprint density at radius 1 is 1.20 bits per heavy atom. The lowest BCUT2D eigenvalue weighted by molar-refractivity contribution is 0.102. The van der Waals surface area contributed by atoms with E-state index >= 15 is 0 Å². The lowest BCUT2D eigenvalue weighted by Gasteiger charge is -2.06. The second-order valence-corrected chi connectivity index (χ2v) is 6.20. The van der Waals surface area contributed by atoms with Crippen molar-refractivity contribution < 1.29 is 13.2 Å². The first-order chi connectivity index (χ1) is 6.93. The summed E-state index contributed by atoms with van der Waals surface area (Å²) in [7, 11) is -3.30. The molecule has 0 fully saturated rings. The summed E-state index contributed by atoms with van der Waals surface area (Å²) in [6.45, 7) is 3.15. The van der Waals surface area contributed by atoms with Crippen molar-refractivity contribution in [3.8, 4) is 0 Å². The van der Waals surface area contributed by atoms with E-state index in [9.17, 15) is 13.2 Å². The molecule has 0 radical (unpaired) electrons. The minimum Gasteiger partial charge on any atom is -0.293 e. The Bertz CT molecular complexity index is 432. The second-order valence-electron chi connectivity index (χ2n) is 3.65. The van der Waals surface area contributed by atoms with Crippen molar-refractivity contribution in [2.24, 2.45) is 0 Å². The third kappa shape index (κ3) is 3.16. The van der Waals surface area contributed by atoms with Gasteiger partial charge in [0.1, 0.15) is 5.75 Å². The number of hydrogen-bond acceptors (Lipinski definition) is 3. The monoisotopic (exact) mass is 226 g/mol. The normalized spacial score (nSPS) is 11.7. The Morgan fingerprint density at radius 2 is 1.73 bits per heavy atom. The summed E-state index contributed by atoms with van der Waals surface area (Å²) in [6, 6.07) is 8.47. The van der Waals surface area contributed by atoms with Crippen LogP contribution in [-0.2, 0) is 9.84 Å². The first-order valence-electron chi connectivity index (χ1n) is 4.73. The van der Waals surface area contributed by atoms with Crippen LogP contribution in [0, 0.1) is 0 Å². The Balaban J connectivity index is 2.82. The molecule has 82 valence electrons. The van der Waals surface area contributed by atoms with Crippen molar-refractivity contribution >= 4 is 15.6 Å². The molecule has 0 atom stereocenters. The molecule has 0 amide bonds. The van der Waals surface area contributed by atoms with E-state index < -0.39 is 20.8 Å². The minimum atomic E-state index is -3.30. The van der Waals surface area contributed by atoms with E-state index in [2.05, 4.69) is 0 Å². The van der Waals surface area contributed by atoms with Gasteiger partial charge in [-0.05, 0) is 13.8 Å². The van der Waals surface area contributed by atoms with Crippen LogP contribution in [0.4, 0.5) is 0 Å². The highest BCUT2D eigenvalue weighted by atomic mass is 32.2. The van der Waals surface area contributed by atoms with Gasteiger partial charge in [-0.15, -0.1) is 0 Å². The molecule has 0 aliphatic carbocycles. The van der Waals surface area contributed by atoms with Crippen LogP contribution in [0.2, 0.25) is 0 Å². The molecule has 0 saturated heterocycles. The molecule has 4 heteroatoms. The fraction of sp³-hybridized carbons (Fsp3) is 0.364. The minimum absolute atomic E-state index is 0.343. The average Bonchev–Trinajstić information content (AvgIpc) is 2.18. The Morgan fingerprint density at radius 3 is 2.20 bits per heavy atom. The number of hydrogen-bond donors (Lipinski definition) is 0. The second kappa shape index (κ2) is 4.57. The summed E-state index contributed by atoms with van der Waals surface area (Å²) in [5, 5.41) is -0.509. The molecule has 0 heterocycles. The van der Waals surface area contributed by atoms with Crippen LogP contribution >= 0.6 is 0 Å². The van der Waals surface area contributed by atoms with E-state index in [4.69, 9.17) is 0 Å². The maximum Gasteiger partial charge on any atom is 0.177 e. The molecule has 1 aromatic carbocycles. The molecule has 0 spiro atoms. The molecule has 0 aromatic heterocycles. The SMILES string of the molecule is CC(C)S(=O)(=O)CC(=O)c1ccccc1. The summed E-state index contributed by atoms with van der Waals surface area (Å²) in [4.78, 5) is 11.6. The predicted molar refractivity (Wildman–Crippen MR) is 59.7 cm³/mol. The van der Waals surface area contributed by atoms with Gasteiger partial charge in [-0.1, -0.05) is 30.3 Å². The summed E-state index contributed by atoms with van der Waals surface area (Å²) in [6.07, 6.45) is 0. The van der Waals surface area contributed by atoms with Crippen molar-refractivity contribution in [3.05, 3.63) is 35.9 Å². The molecule has 0 bridgehead atoms. The molecule has 0 saturated carbocycles. The molecule has 0 N–H and O–H groups in total. The van der Waals surface area contributed by atoms with Gasteiger partial charge in [-0.25, -0.2) is 8.42 Å². The van der Waals surface area contributed by atoms with Crippen molar-refractivity contribution in [1.29, 1.82) is 0 Å². The Kier molecular flexibility index (Phi) is 3.63.